The minimum Gasteiger partial charge on any atom is -0.391 e. The quantitative estimate of drug-likeness (QED) is 0.341. The van der Waals surface area contributed by atoms with Crippen LogP contribution in [-0.4, -0.2) is 16.2 Å². The summed E-state index contributed by atoms with van der Waals surface area (Å²) < 4.78 is 0. The fourth-order valence-corrected chi connectivity index (χ4v) is 0.134. The highest BCUT2D eigenvalue weighted by molar-refractivity contribution is 4.69. The largest absolute Gasteiger partial charge is 0.391 e. The van der Waals surface area contributed by atoms with E-state index in [-0.39, 0.29) is 5.54 Å². The first-order chi connectivity index (χ1) is 5.06. The van der Waals surface area contributed by atoms with Gasteiger partial charge in [-0.05, 0) is 26.3 Å². The fraction of sp³-hybridized carbons (Fsp3) is 1.00. The maximum absolute atomic E-state index is 8.52. The highest BCUT2D eigenvalue weighted by Gasteiger charge is 2.03. The molecular formula is C8H19N3O. The maximum Gasteiger partial charge on any atom is 0.0563 e. The molecule has 0 saturated heterocycles. The highest BCUT2D eigenvalue weighted by atomic mass is 16.3. The van der Waals surface area contributed by atoms with Gasteiger partial charge in [0.15, 0.2) is 0 Å². The zero-order valence-corrected chi connectivity index (χ0v) is 8.79. The molecule has 0 aliphatic rings. The molecule has 4 heteroatoms. The van der Waals surface area contributed by atoms with Crippen LogP contribution in [0, 0.1) is 0 Å². The van der Waals surface area contributed by atoms with Crippen molar-refractivity contribution in [1.82, 2.24) is 0 Å². The standard InChI is InChI=1S/C4H9N3.C4H10O/c1-4(2,3)6-7-5;1-4(2,3)5/h1-3H3;5H,1-3H3. The number of nitrogens with zero attached hydrogens (tertiary/aromatic N) is 3. The second-order valence-electron chi connectivity index (χ2n) is 4.53. The van der Waals surface area contributed by atoms with Gasteiger partial charge in [0.05, 0.1) is 5.60 Å². The van der Waals surface area contributed by atoms with Crippen LogP contribution in [0.15, 0.2) is 5.11 Å². The average Bonchev–Trinajstić information content (AvgIpc) is 1.54. The molecule has 0 heterocycles. The first-order valence-corrected chi connectivity index (χ1v) is 3.85. The first kappa shape index (κ1) is 13.8. The molecule has 0 aliphatic heterocycles. The van der Waals surface area contributed by atoms with Gasteiger partial charge in [0, 0.05) is 10.5 Å². The van der Waals surface area contributed by atoms with Crippen molar-refractivity contribution in [3.05, 3.63) is 10.4 Å². The number of hydrogen-bond acceptors (Lipinski definition) is 2. The van der Waals surface area contributed by atoms with E-state index in [0.29, 0.717) is 0 Å². The van der Waals surface area contributed by atoms with Gasteiger partial charge in [-0.1, -0.05) is 25.9 Å². The summed E-state index contributed by atoms with van der Waals surface area (Å²) in [5.74, 6) is 0. The molecule has 0 spiro atoms. The van der Waals surface area contributed by atoms with Gasteiger partial charge in [-0.15, -0.1) is 0 Å². The summed E-state index contributed by atoms with van der Waals surface area (Å²) >= 11 is 0. The Labute approximate surface area is 74.2 Å². The molecule has 0 radical (unpaired) electrons. The van der Waals surface area contributed by atoms with Crippen LogP contribution in [-0.2, 0) is 0 Å². The summed E-state index contributed by atoms with van der Waals surface area (Å²) in [5, 5.41) is 12.0. The number of rotatable bonds is 0. The van der Waals surface area contributed by atoms with Gasteiger partial charge >= 0.3 is 0 Å². The average molecular weight is 173 g/mol. The molecule has 1 N–H and O–H groups in total. The summed E-state index contributed by atoms with van der Waals surface area (Å²) in [6.45, 7) is 10.8. The van der Waals surface area contributed by atoms with Crippen LogP contribution in [0.3, 0.4) is 0 Å². The van der Waals surface area contributed by atoms with Crippen LogP contribution in [0.5, 0.6) is 0 Å². The van der Waals surface area contributed by atoms with Crippen LogP contribution in [0.4, 0.5) is 0 Å². The Balaban J connectivity index is 0. The van der Waals surface area contributed by atoms with E-state index >= 15 is 0 Å². The molecular weight excluding hydrogens is 154 g/mol. The molecule has 0 rings (SSSR count). The second-order valence-corrected chi connectivity index (χ2v) is 4.53. The Kier molecular flexibility index (Phi) is 5.78. The SMILES string of the molecule is CC(C)(C)N=[N+]=[N-].CC(C)(C)O. The predicted molar refractivity (Wildman–Crippen MR) is 50.9 cm³/mol. The third kappa shape index (κ3) is 59.3. The molecule has 0 bridgehead atoms. The molecule has 12 heavy (non-hydrogen) atoms. The maximum atomic E-state index is 8.52. The molecule has 0 aliphatic carbocycles. The lowest BCUT2D eigenvalue weighted by atomic mass is 10.1. The van der Waals surface area contributed by atoms with Crippen molar-refractivity contribution in [2.24, 2.45) is 5.11 Å². The lowest BCUT2D eigenvalue weighted by molar-refractivity contribution is 0.102. The van der Waals surface area contributed by atoms with E-state index in [9.17, 15) is 0 Å². The molecule has 0 aromatic rings. The lowest BCUT2D eigenvalue weighted by Gasteiger charge is -2.05. The molecule has 72 valence electrons. The van der Waals surface area contributed by atoms with Crippen LogP contribution >= 0.6 is 0 Å². The zero-order chi connectivity index (χ0) is 10.4. The zero-order valence-electron chi connectivity index (χ0n) is 8.79. The van der Waals surface area contributed by atoms with Crippen LogP contribution in [0.2, 0.25) is 0 Å². The Bertz CT molecular complexity index is 152. The highest BCUT2D eigenvalue weighted by Crippen LogP contribution is 2.04. The van der Waals surface area contributed by atoms with Crippen LogP contribution in [0.1, 0.15) is 41.5 Å². The van der Waals surface area contributed by atoms with Gasteiger partial charge in [-0.2, -0.15) is 0 Å². The van der Waals surface area contributed by atoms with E-state index in [1.54, 1.807) is 20.8 Å². The monoisotopic (exact) mass is 173 g/mol. The van der Waals surface area contributed by atoms with Crippen molar-refractivity contribution in [2.45, 2.75) is 52.7 Å². The van der Waals surface area contributed by atoms with Gasteiger partial charge in [0.2, 0.25) is 0 Å². The van der Waals surface area contributed by atoms with Crippen LogP contribution in [0.25, 0.3) is 10.4 Å². The van der Waals surface area contributed by atoms with Gasteiger partial charge in [0.25, 0.3) is 0 Å². The summed E-state index contributed by atoms with van der Waals surface area (Å²) in [6, 6.07) is 0. The van der Waals surface area contributed by atoms with E-state index in [1.165, 1.54) is 0 Å². The molecule has 0 fully saturated rings. The van der Waals surface area contributed by atoms with Crippen molar-refractivity contribution in [3.8, 4) is 0 Å². The lowest BCUT2D eigenvalue weighted by Crippen LogP contribution is -2.10. The number of azide groups is 1. The van der Waals surface area contributed by atoms with Crippen molar-refractivity contribution >= 4 is 0 Å². The van der Waals surface area contributed by atoms with Crippen LogP contribution < -0.4 is 0 Å². The normalized spacial score (nSPS) is 10.9. The summed E-state index contributed by atoms with van der Waals surface area (Å²) in [6.07, 6.45) is 0. The second kappa shape index (κ2) is 5.01. The molecule has 0 amide bonds. The third-order valence-electron chi connectivity index (χ3n) is 0.345. The van der Waals surface area contributed by atoms with Gasteiger partial charge in [-0.3, -0.25) is 0 Å². The predicted octanol–water partition coefficient (Wildman–Crippen LogP) is 2.87. The molecule has 0 aromatic carbocycles. The van der Waals surface area contributed by atoms with Crippen molar-refractivity contribution in [3.63, 3.8) is 0 Å². The number of hydrogen-bond donors (Lipinski definition) is 1. The molecule has 0 saturated carbocycles. The van der Waals surface area contributed by atoms with Crippen molar-refractivity contribution in [2.75, 3.05) is 0 Å². The van der Waals surface area contributed by atoms with E-state index in [0.717, 1.165) is 0 Å². The smallest absolute Gasteiger partial charge is 0.0563 e. The Morgan fingerprint density at radius 3 is 1.33 bits per heavy atom. The summed E-state index contributed by atoms with van der Waals surface area (Å²) in [5.41, 5.74) is 7.12. The topological polar surface area (TPSA) is 69.0 Å². The Morgan fingerprint density at radius 2 is 1.33 bits per heavy atom. The molecule has 0 unspecified atom stereocenters. The van der Waals surface area contributed by atoms with E-state index < -0.39 is 5.60 Å². The van der Waals surface area contributed by atoms with Gasteiger partial charge < -0.3 is 5.11 Å². The molecule has 0 atom stereocenters. The van der Waals surface area contributed by atoms with E-state index in [4.69, 9.17) is 10.6 Å². The third-order valence-corrected chi connectivity index (χ3v) is 0.345. The minimum absolute atomic E-state index is 0.241. The van der Waals surface area contributed by atoms with E-state index in [1.807, 2.05) is 20.8 Å². The Hall–Kier alpha value is -0.730. The molecule has 0 aromatic heterocycles. The number of aliphatic hydroxyl groups is 1. The first-order valence-electron chi connectivity index (χ1n) is 3.85. The fourth-order valence-electron chi connectivity index (χ4n) is 0.134. The summed E-state index contributed by atoms with van der Waals surface area (Å²) in [7, 11) is 0. The summed E-state index contributed by atoms with van der Waals surface area (Å²) in [4.78, 5) is 2.63. The van der Waals surface area contributed by atoms with Crippen molar-refractivity contribution in [1.29, 1.82) is 0 Å². The van der Waals surface area contributed by atoms with E-state index in [2.05, 4.69) is 10.0 Å². The Morgan fingerprint density at radius 1 is 1.08 bits per heavy atom. The van der Waals surface area contributed by atoms with Gasteiger partial charge in [0.1, 0.15) is 0 Å². The van der Waals surface area contributed by atoms with Gasteiger partial charge in [-0.25, -0.2) is 0 Å². The molecule has 4 nitrogen and oxygen atoms in total. The van der Waals surface area contributed by atoms with Crippen molar-refractivity contribution < 1.29 is 5.11 Å². The minimum atomic E-state index is -0.500.